The van der Waals surface area contributed by atoms with Crippen molar-refractivity contribution in [3.63, 3.8) is 0 Å². The molecule has 0 bridgehead atoms. The van der Waals surface area contributed by atoms with Gasteiger partial charge in [-0.05, 0) is 54.6 Å². The number of amides is 1. The molecule has 0 saturated heterocycles. The van der Waals surface area contributed by atoms with E-state index < -0.39 is 11.9 Å². The van der Waals surface area contributed by atoms with Crippen LogP contribution in [0.3, 0.4) is 0 Å². The Morgan fingerprint density at radius 2 is 1.71 bits per heavy atom. The highest BCUT2D eigenvalue weighted by molar-refractivity contribution is 6.08. The lowest BCUT2D eigenvalue weighted by Crippen LogP contribution is -2.13. The zero-order chi connectivity index (χ0) is 21.8. The Bertz CT molecular complexity index is 1230. The number of anilines is 1. The Balaban J connectivity index is 1.74. The van der Waals surface area contributed by atoms with E-state index in [1.807, 2.05) is 42.5 Å². The fourth-order valence-electron chi connectivity index (χ4n) is 3.14. The summed E-state index contributed by atoms with van der Waals surface area (Å²) >= 11 is 0. The first kappa shape index (κ1) is 19.9. The first-order valence-corrected chi connectivity index (χ1v) is 9.49. The van der Waals surface area contributed by atoms with Gasteiger partial charge in [0, 0.05) is 17.4 Å². The van der Waals surface area contributed by atoms with E-state index in [4.69, 9.17) is 4.74 Å². The Hall–Kier alpha value is -4.39. The van der Waals surface area contributed by atoms with Crippen molar-refractivity contribution in [2.45, 2.75) is 0 Å². The molecule has 0 aliphatic heterocycles. The molecule has 31 heavy (non-hydrogen) atoms. The Kier molecular flexibility index (Phi) is 5.49. The van der Waals surface area contributed by atoms with Crippen LogP contribution in [0.15, 0.2) is 85.1 Å². The third-order valence-electron chi connectivity index (χ3n) is 4.71. The van der Waals surface area contributed by atoms with E-state index in [0.29, 0.717) is 22.7 Å². The molecule has 1 aromatic heterocycles. The second kappa shape index (κ2) is 8.54. The molecule has 154 valence electrons. The van der Waals surface area contributed by atoms with Crippen molar-refractivity contribution >= 4 is 17.6 Å². The normalized spacial score (nSPS) is 10.5. The van der Waals surface area contributed by atoms with E-state index in [0.717, 1.165) is 11.3 Å². The van der Waals surface area contributed by atoms with Gasteiger partial charge in [-0.15, -0.1) is 0 Å². The molecule has 0 fully saturated rings. The number of nitrogens with zero attached hydrogens (tertiary/aromatic N) is 2. The second-order valence-electron chi connectivity index (χ2n) is 6.74. The average molecular weight is 413 g/mol. The number of carboxylic acids is 1. The van der Waals surface area contributed by atoms with Crippen LogP contribution in [-0.2, 0) is 0 Å². The molecule has 0 spiro atoms. The summed E-state index contributed by atoms with van der Waals surface area (Å²) in [5.74, 6) is -0.759. The summed E-state index contributed by atoms with van der Waals surface area (Å²) in [6, 6.07) is 22.8. The fourth-order valence-corrected chi connectivity index (χ4v) is 3.14. The van der Waals surface area contributed by atoms with Crippen LogP contribution >= 0.6 is 0 Å². The topological polar surface area (TPSA) is 93.5 Å². The summed E-state index contributed by atoms with van der Waals surface area (Å²) in [6.45, 7) is 0. The summed E-state index contributed by atoms with van der Waals surface area (Å²) in [4.78, 5) is 24.3. The predicted molar refractivity (Wildman–Crippen MR) is 117 cm³/mol. The molecule has 0 radical (unpaired) electrons. The van der Waals surface area contributed by atoms with E-state index in [1.165, 1.54) is 12.1 Å². The van der Waals surface area contributed by atoms with Gasteiger partial charge >= 0.3 is 5.97 Å². The zero-order valence-electron chi connectivity index (χ0n) is 16.6. The highest BCUT2D eigenvalue weighted by atomic mass is 16.5. The molecule has 1 amide bonds. The molecule has 7 heteroatoms. The van der Waals surface area contributed by atoms with Gasteiger partial charge in [0.15, 0.2) is 0 Å². The predicted octanol–water partition coefficient (Wildman–Crippen LogP) is 4.50. The number of hydrogen-bond donors (Lipinski definition) is 2. The molecule has 4 aromatic rings. The van der Waals surface area contributed by atoms with Crippen molar-refractivity contribution in [3.05, 3.63) is 96.2 Å². The molecule has 0 unspecified atom stereocenters. The number of methoxy groups -OCH3 is 1. The van der Waals surface area contributed by atoms with E-state index in [2.05, 4.69) is 10.4 Å². The van der Waals surface area contributed by atoms with Crippen LogP contribution in [0.1, 0.15) is 20.7 Å². The van der Waals surface area contributed by atoms with Crippen molar-refractivity contribution in [3.8, 4) is 22.7 Å². The number of aromatic nitrogens is 2. The van der Waals surface area contributed by atoms with Crippen LogP contribution < -0.4 is 10.1 Å². The van der Waals surface area contributed by atoms with Gasteiger partial charge in [0.1, 0.15) is 11.4 Å². The lowest BCUT2D eigenvalue weighted by molar-refractivity contribution is 0.0696. The van der Waals surface area contributed by atoms with E-state index in [-0.39, 0.29) is 5.56 Å². The van der Waals surface area contributed by atoms with E-state index in [1.54, 1.807) is 42.3 Å². The quantitative estimate of drug-likeness (QED) is 0.486. The van der Waals surface area contributed by atoms with Gasteiger partial charge in [-0.1, -0.05) is 24.3 Å². The van der Waals surface area contributed by atoms with Gasteiger partial charge in [0.2, 0.25) is 0 Å². The Morgan fingerprint density at radius 1 is 0.968 bits per heavy atom. The van der Waals surface area contributed by atoms with Crippen molar-refractivity contribution < 1.29 is 19.4 Å². The van der Waals surface area contributed by atoms with Crippen molar-refractivity contribution in [1.82, 2.24) is 9.78 Å². The first-order valence-electron chi connectivity index (χ1n) is 9.49. The maximum atomic E-state index is 13.1. The van der Waals surface area contributed by atoms with Gasteiger partial charge in [-0.3, -0.25) is 4.79 Å². The molecule has 1 heterocycles. The van der Waals surface area contributed by atoms with Gasteiger partial charge in [0.25, 0.3) is 5.91 Å². The van der Waals surface area contributed by atoms with Crippen LogP contribution in [0.4, 0.5) is 5.69 Å². The van der Waals surface area contributed by atoms with Gasteiger partial charge < -0.3 is 15.2 Å². The monoisotopic (exact) mass is 413 g/mol. The fraction of sp³-hybridized carbons (Fsp3) is 0.0417. The summed E-state index contributed by atoms with van der Waals surface area (Å²) in [6.07, 6.45) is 1.66. The summed E-state index contributed by atoms with van der Waals surface area (Å²) in [5.41, 5.74) is 2.89. The molecular weight excluding hydrogens is 394 g/mol. The second-order valence-corrected chi connectivity index (χ2v) is 6.74. The molecular formula is C24H19N3O4. The maximum absolute atomic E-state index is 13.1. The minimum Gasteiger partial charge on any atom is -0.497 e. The number of benzene rings is 3. The number of carboxylic acid groups (broad SMARTS) is 1. The highest BCUT2D eigenvalue weighted by Crippen LogP contribution is 2.26. The van der Waals surface area contributed by atoms with Gasteiger partial charge in [0.05, 0.1) is 23.9 Å². The Labute approximate surface area is 178 Å². The molecule has 0 aliphatic rings. The van der Waals surface area contributed by atoms with Crippen molar-refractivity contribution in [2.24, 2.45) is 0 Å². The van der Waals surface area contributed by atoms with Crippen molar-refractivity contribution in [2.75, 3.05) is 12.4 Å². The average Bonchev–Trinajstić information content (AvgIpc) is 3.25. The number of aromatic carboxylic acids is 1. The molecule has 7 nitrogen and oxygen atoms in total. The summed E-state index contributed by atoms with van der Waals surface area (Å²) < 4.78 is 6.85. The standard InChI is InChI=1S/C24H19N3O4/c1-31-20-12-10-16(11-13-20)22-21(15-27(26-22)19-8-3-2-4-9-19)23(28)25-18-7-5-6-17(14-18)24(29)30/h2-15H,1H3,(H,25,28)(H,29,30). The number of nitrogens with one attached hydrogen (secondary N) is 1. The highest BCUT2D eigenvalue weighted by Gasteiger charge is 2.19. The third kappa shape index (κ3) is 4.30. The van der Waals surface area contributed by atoms with Crippen LogP contribution in [0.2, 0.25) is 0 Å². The number of rotatable bonds is 6. The smallest absolute Gasteiger partial charge is 0.335 e. The molecule has 3 aromatic carbocycles. The lowest BCUT2D eigenvalue weighted by atomic mass is 10.1. The molecule has 0 aliphatic carbocycles. The largest absolute Gasteiger partial charge is 0.497 e. The number of carbonyl (C=O) groups is 2. The van der Waals surface area contributed by atoms with E-state index >= 15 is 0 Å². The molecule has 0 atom stereocenters. The third-order valence-corrected chi connectivity index (χ3v) is 4.71. The number of para-hydroxylation sites is 1. The minimum absolute atomic E-state index is 0.0909. The van der Waals surface area contributed by atoms with Crippen molar-refractivity contribution in [1.29, 1.82) is 0 Å². The maximum Gasteiger partial charge on any atom is 0.335 e. The SMILES string of the molecule is COc1ccc(-c2nn(-c3ccccc3)cc2C(=O)Nc2cccc(C(=O)O)c2)cc1. The summed E-state index contributed by atoms with van der Waals surface area (Å²) in [7, 11) is 1.59. The van der Waals surface area contributed by atoms with E-state index in [9.17, 15) is 14.7 Å². The first-order chi connectivity index (χ1) is 15.0. The summed E-state index contributed by atoms with van der Waals surface area (Å²) in [5, 5.41) is 16.6. The minimum atomic E-state index is -1.06. The van der Waals surface area contributed by atoms with Crippen LogP contribution in [0.5, 0.6) is 5.75 Å². The molecule has 4 rings (SSSR count). The van der Waals surface area contributed by atoms with Crippen LogP contribution in [-0.4, -0.2) is 33.9 Å². The van der Waals surface area contributed by atoms with Crippen LogP contribution in [0.25, 0.3) is 16.9 Å². The molecule has 0 saturated carbocycles. The van der Waals surface area contributed by atoms with Crippen LogP contribution in [0, 0.1) is 0 Å². The Morgan fingerprint density at radius 3 is 2.39 bits per heavy atom. The number of carbonyl (C=O) groups excluding carboxylic acids is 1. The van der Waals surface area contributed by atoms with Gasteiger partial charge in [-0.2, -0.15) is 5.10 Å². The lowest BCUT2D eigenvalue weighted by Gasteiger charge is -2.07. The number of hydrogen-bond acceptors (Lipinski definition) is 4. The van der Waals surface area contributed by atoms with Gasteiger partial charge in [-0.25, -0.2) is 9.48 Å². The molecule has 2 N–H and O–H groups in total. The zero-order valence-corrected chi connectivity index (χ0v) is 16.6. The number of ether oxygens (including phenoxy) is 1.